The third-order valence-electron chi connectivity index (χ3n) is 7.57. The molecule has 3 N–H and O–H groups in total. The fourth-order valence-corrected chi connectivity index (χ4v) is 6.52. The summed E-state index contributed by atoms with van der Waals surface area (Å²) >= 11 is 0. The number of fused-ring (bicyclic) bond motifs is 6. The molecule has 1 aliphatic carbocycles. The van der Waals surface area contributed by atoms with Crippen LogP contribution in [0, 0.1) is 0 Å². The zero-order valence-electron chi connectivity index (χ0n) is 16.6. The fraction of sp³-hybridized carbons (Fsp3) is 0.160. The number of nitrogens with one attached hydrogen (secondary N) is 1. The molecule has 0 unspecified atom stereocenters. The van der Waals surface area contributed by atoms with Gasteiger partial charge in [0.1, 0.15) is 0 Å². The average molecular weight is 424 g/mol. The number of anilines is 2. The van der Waals surface area contributed by atoms with Crippen LogP contribution in [0.5, 0.6) is 11.5 Å². The number of hydrogen-bond donors (Lipinski definition) is 3. The van der Waals surface area contributed by atoms with Gasteiger partial charge in [-0.2, -0.15) is 0 Å². The van der Waals surface area contributed by atoms with Gasteiger partial charge in [-0.25, -0.2) is 0 Å². The molecule has 7 nitrogen and oxygen atoms in total. The molecule has 3 aromatic carbocycles. The Labute approximate surface area is 181 Å². The van der Waals surface area contributed by atoms with E-state index in [0.717, 1.165) is 0 Å². The molecule has 1 saturated heterocycles. The van der Waals surface area contributed by atoms with Crippen molar-refractivity contribution in [2.45, 2.75) is 23.4 Å². The second-order valence-electron chi connectivity index (χ2n) is 8.75. The van der Waals surface area contributed by atoms with Gasteiger partial charge < -0.3 is 15.5 Å². The van der Waals surface area contributed by atoms with Crippen molar-refractivity contribution in [2.75, 3.05) is 10.2 Å². The molecule has 0 aromatic heterocycles. The molecule has 3 atom stereocenters. The van der Waals surface area contributed by atoms with Crippen LogP contribution < -0.4 is 10.2 Å². The summed E-state index contributed by atoms with van der Waals surface area (Å²) in [6.07, 6.45) is 0.0182. The van der Waals surface area contributed by atoms with Crippen LogP contribution in [0.25, 0.3) is 0 Å². The van der Waals surface area contributed by atoms with Gasteiger partial charge in [0, 0.05) is 34.7 Å². The number of nitrogens with zero attached hydrogens (tertiary/aromatic N) is 1. The Kier molecular flexibility index (Phi) is 2.84. The lowest BCUT2D eigenvalue weighted by atomic mass is 9.68. The molecule has 0 bridgehead atoms. The van der Waals surface area contributed by atoms with E-state index in [0.29, 0.717) is 28.1 Å². The van der Waals surface area contributed by atoms with E-state index in [2.05, 4.69) is 5.32 Å². The van der Waals surface area contributed by atoms with Gasteiger partial charge in [0.2, 0.25) is 5.91 Å². The molecule has 156 valence electrons. The molecule has 3 heterocycles. The minimum absolute atomic E-state index is 0.0182. The smallest absolute Gasteiger partial charge is 0.228 e. The van der Waals surface area contributed by atoms with Crippen molar-refractivity contribution in [2.24, 2.45) is 0 Å². The van der Waals surface area contributed by atoms with Gasteiger partial charge in [-0.05, 0) is 35.9 Å². The van der Waals surface area contributed by atoms with Crippen LogP contribution in [0.2, 0.25) is 0 Å². The summed E-state index contributed by atoms with van der Waals surface area (Å²) in [4.78, 5) is 43.2. The number of phenols is 2. The molecule has 4 aliphatic rings. The van der Waals surface area contributed by atoms with Crippen LogP contribution >= 0.6 is 0 Å². The molecular formula is C25H16N2O5. The highest BCUT2D eigenvalue weighted by atomic mass is 16.3. The highest BCUT2D eigenvalue weighted by Gasteiger charge is 2.81. The third-order valence-corrected chi connectivity index (χ3v) is 7.57. The summed E-state index contributed by atoms with van der Waals surface area (Å²) < 4.78 is 0. The number of carbonyl (C=O) groups is 3. The van der Waals surface area contributed by atoms with Crippen molar-refractivity contribution in [1.82, 2.24) is 0 Å². The first-order valence-electron chi connectivity index (χ1n) is 10.4. The molecule has 7 rings (SSSR count). The highest BCUT2D eigenvalue weighted by molar-refractivity contribution is 6.31. The van der Waals surface area contributed by atoms with Crippen molar-refractivity contribution in [3.8, 4) is 11.5 Å². The Hall–Kier alpha value is -4.13. The van der Waals surface area contributed by atoms with Gasteiger partial charge in [0.15, 0.2) is 34.1 Å². The van der Waals surface area contributed by atoms with Crippen LogP contribution in [0.1, 0.15) is 44.2 Å². The fourth-order valence-electron chi connectivity index (χ4n) is 6.52. The minimum Gasteiger partial charge on any atom is -0.504 e. The molecule has 2 spiro atoms. The molecule has 3 aliphatic heterocycles. The van der Waals surface area contributed by atoms with E-state index in [1.165, 1.54) is 11.0 Å². The number of para-hydroxylation sites is 2. The average Bonchev–Trinajstić information content (AvgIpc) is 3.43. The quantitative estimate of drug-likeness (QED) is 0.479. The first kappa shape index (κ1) is 17.5. The van der Waals surface area contributed by atoms with Gasteiger partial charge >= 0.3 is 0 Å². The zero-order chi connectivity index (χ0) is 22.0. The monoisotopic (exact) mass is 424 g/mol. The number of Topliss-reactive ketones (excluding diaryl/α,β-unsaturated/α-hetero) is 2. The third kappa shape index (κ3) is 1.51. The predicted octanol–water partition coefficient (Wildman–Crippen LogP) is 3.07. The minimum atomic E-state index is -1.76. The first-order chi connectivity index (χ1) is 15.4. The number of aromatic hydroxyl groups is 2. The van der Waals surface area contributed by atoms with Crippen molar-refractivity contribution in [3.63, 3.8) is 0 Å². The molecule has 0 radical (unpaired) electrons. The molecule has 7 heteroatoms. The number of phenolic OH excluding ortho intramolecular Hbond substituents is 2. The molecule has 1 amide bonds. The Bertz CT molecular complexity index is 1450. The second-order valence-corrected chi connectivity index (χ2v) is 8.75. The van der Waals surface area contributed by atoms with Gasteiger partial charge in [0.25, 0.3) is 0 Å². The molecule has 1 fully saturated rings. The molecule has 32 heavy (non-hydrogen) atoms. The van der Waals surface area contributed by atoms with Gasteiger partial charge in [0.05, 0.1) is 5.69 Å². The molecular weight excluding hydrogens is 408 g/mol. The zero-order valence-corrected chi connectivity index (χ0v) is 16.6. The summed E-state index contributed by atoms with van der Waals surface area (Å²) in [6.45, 7) is 0. The van der Waals surface area contributed by atoms with E-state index >= 15 is 0 Å². The Balaban J connectivity index is 1.65. The summed E-state index contributed by atoms with van der Waals surface area (Å²) in [5.74, 6) is -2.49. The van der Waals surface area contributed by atoms with Crippen molar-refractivity contribution in [3.05, 3.63) is 82.9 Å². The van der Waals surface area contributed by atoms with E-state index in [-0.39, 0.29) is 29.4 Å². The predicted molar refractivity (Wildman–Crippen MR) is 114 cm³/mol. The molecule has 3 aromatic rings. The maximum atomic E-state index is 14.2. The summed E-state index contributed by atoms with van der Waals surface area (Å²) in [5.41, 5.74) is -0.963. The van der Waals surface area contributed by atoms with Crippen LogP contribution in [-0.2, 0) is 10.3 Å². The van der Waals surface area contributed by atoms with Crippen LogP contribution in [0.4, 0.5) is 11.4 Å². The van der Waals surface area contributed by atoms with Crippen LogP contribution in [0.3, 0.4) is 0 Å². The van der Waals surface area contributed by atoms with E-state index in [1.54, 1.807) is 54.6 Å². The van der Waals surface area contributed by atoms with E-state index in [9.17, 15) is 24.6 Å². The topological polar surface area (TPSA) is 107 Å². The summed E-state index contributed by atoms with van der Waals surface area (Å²) in [6, 6.07) is 16.7. The SMILES string of the molecule is O=C1C[C@@H]2c3ccc(O)c(O)c3[C@@]3(Nc4ccccc4C3=O)[C@@]23C(=O)c2ccccc2N13. The van der Waals surface area contributed by atoms with Crippen LogP contribution in [-0.4, -0.2) is 33.2 Å². The Morgan fingerprint density at radius 1 is 0.875 bits per heavy atom. The second kappa shape index (κ2) is 5.19. The standard InChI is InChI=1S/C25H16N2O5/c28-18-10-9-12-15-11-19(29)27-17-8-4-2-6-14(17)23(32)25(15,27)24(20(12)21(18)30)22(31)13-5-1-3-7-16(13)26-24/h1-10,15,26,28,30H,11H2/t15-,24+,25+/m1/s1. The first-order valence-corrected chi connectivity index (χ1v) is 10.4. The largest absolute Gasteiger partial charge is 0.504 e. The van der Waals surface area contributed by atoms with Crippen molar-refractivity contribution < 1.29 is 24.6 Å². The van der Waals surface area contributed by atoms with Gasteiger partial charge in [-0.3, -0.25) is 19.3 Å². The van der Waals surface area contributed by atoms with Gasteiger partial charge in [-0.15, -0.1) is 0 Å². The van der Waals surface area contributed by atoms with E-state index in [1.807, 2.05) is 0 Å². The molecule has 0 saturated carbocycles. The Morgan fingerprint density at radius 2 is 1.59 bits per heavy atom. The number of carbonyl (C=O) groups excluding carboxylic acids is 3. The lowest BCUT2D eigenvalue weighted by Crippen LogP contribution is -2.66. The van der Waals surface area contributed by atoms with E-state index < -0.39 is 28.5 Å². The summed E-state index contributed by atoms with van der Waals surface area (Å²) in [5, 5.41) is 24.7. The van der Waals surface area contributed by atoms with Gasteiger partial charge in [-0.1, -0.05) is 30.3 Å². The normalized spacial score (nSPS) is 28.4. The summed E-state index contributed by atoms with van der Waals surface area (Å²) in [7, 11) is 0. The van der Waals surface area contributed by atoms with Crippen LogP contribution in [0.15, 0.2) is 60.7 Å². The lowest BCUT2D eigenvalue weighted by Gasteiger charge is -2.43. The lowest BCUT2D eigenvalue weighted by molar-refractivity contribution is -0.117. The number of ketones is 2. The van der Waals surface area contributed by atoms with Crippen molar-refractivity contribution >= 4 is 28.8 Å². The number of amides is 1. The maximum Gasteiger partial charge on any atom is 0.228 e. The van der Waals surface area contributed by atoms with Crippen molar-refractivity contribution in [1.29, 1.82) is 0 Å². The maximum absolute atomic E-state index is 14.2. The number of rotatable bonds is 0. The number of benzene rings is 3. The Morgan fingerprint density at radius 3 is 2.38 bits per heavy atom. The van der Waals surface area contributed by atoms with E-state index in [4.69, 9.17) is 0 Å². The highest BCUT2D eigenvalue weighted by Crippen LogP contribution is 2.69. The number of hydrogen-bond acceptors (Lipinski definition) is 6.